The summed E-state index contributed by atoms with van der Waals surface area (Å²) in [5.41, 5.74) is 2.11. The minimum atomic E-state index is -0.488. The molecule has 0 N–H and O–H groups in total. The molecule has 3 aromatic rings. The van der Waals surface area contributed by atoms with E-state index in [0.717, 1.165) is 23.6 Å². The highest BCUT2D eigenvalue weighted by Gasteiger charge is 2.36. The zero-order valence-corrected chi connectivity index (χ0v) is 33.3. The Bertz CT molecular complexity index is 1620. The summed E-state index contributed by atoms with van der Waals surface area (Å²) in [6.45, 7) is 22.9. The fraction of sp³-hybridized carbons (Fsp3) is 0.477. The van der Waals surface area contributed by atoms with Crippen molar-refractivity contribution in [3.8, 4) is 28.4 Å². The first kappa shape index (κ1) is 43.7. The fourth-order valence-electron chi connectivity index (χ4n) is 5.27. The predicted octanol–water partition coefficient (Wildman–Crippen LogP) is 8.90. The molecule has 294 valence electrons. The van der Waals surface area contributed by atoms with Gasteiger partial charge in [0.25, 0.3) is 0 Å². The van der Waals surface area contributed by atoms with E-state index in [0.29, 0.717) is 36.0 Å². The average Bonchev–Trinajstić information content (AvgIpc) is 3.12. The van der Waals surface area contributed by atoms with Crippen molar-refractivity contribution in [3.05, 3.63) is 91.0 Å². The molecule has 3 rings (SSSR count). The molecule has 10 nitrogen and oxygen atoms in total. The van der Waals surface area contributed by atoms with Crippen LogP contribution >= 0.6 is 0 Å². The molecule has 0 fully saturated rings. The zero-order chi connectivity index (χ0) is 39.9. The molecular weight excluding hydrogens is 688 g/mol. The highest BCUT2D eigenvalue weighted by molar-refractivity contribution is 5.91. The van der Waals surface area contributed by atoms with Gasteiger partial charge in [-0.3, -0.25) is 4.79 Å². The van der Waals surface area contributed by atoms with Crippen LogP contribution in [0, 0.1) is 16.7 Å². The van der Waals surface area contributed by atoms with Crippen molar-refractivity contribution in [2.45, 2.75) is 87.0 Å². The third-order valence-corrected chi connectivity index (χ3v) is 8.28. The molecule has 0 aliphatic carbocycles. The summed E-state index contributed by atoms with van der Waals surface area (Å²) in [7, 11) is 0. The van der Waals surface area contributed by atoms with Crippen LogP contribution in [0.25, 0.3) is 11.1 Å². The lowest BCUT2D eigenvalue weighted by atomic mass is 9.72. The van der Waals surface area contributed by atoms with Gasteiger partial charge < -0.3 is 33.2 Å². The quantitative estimate of drug-likeness (QED) is 0.0481. The van der Waals surface area contributed by atoms with Gasteiger partial charge in [-0.1, -0.05) is 72.4 Å². The molecule has 0 bridgehead atoms. The topological polar surface area (TPSA) is 116 Å². The minimum absolute atomic E-state index is 0.0167. The zero-order valence-electron chi connectivity index (χ0n) is 33.3. The molecular formula is C44H58O10. The number of carbonyl (C=O) groups excluding carboxylic acids is 3. The Balaban J connectivity index is 1.37. The summed E-state index contributed by atoms with van der Waals surface area (Å²) in [6.07, 6.45) is 1.14. The Kier molecular flexibility index (Phi) is 16.8. The number of esters is 3. The Morgan fingerprint density at radius 3 is 1.70 bits per heavy atom. The monoisotopic (exact) mass is 746 g/mol. The molecule has 3 aromatic carbocycles. The van der Waals surface area contributed by atoms with Crippen molar-refractivity contribution in [1.82, 2.24) is 0 Å². The van der Waals surface area contributed by atoms with Crippen molar-refractivity contribution in [2.24, 2.45) is 16.7 Å². The second-order valence-electron chi connectivity index (χ2n) is 15.7. The molecule has 4 atom stereocenters. The molecule has 54 heavy (non-hydrogen) atoms. The summed E-state index contributed by atoms with van der Waals surface area (Å²) in [5, 5.41) is 0. The van der Waals surface area contributed by atoms with Crippen LogP contribution in [0.5, 0.6) is 17.2 Å². The third kappa shape index (κ3) is 15.7. The van der Waals surface area contributed by atoms with Crippen molar-refractivity contribution < 1.29 is 47.5 Å². The van der Waals surface area contributed by atoms with E-state index in [1.54, 1.807) is 36.4 Å². The first-order valence-electron chi connectivity index (χ1n) is 18.4. The second-order valence-corrected chi connectivity index (χ2v) is 15.7. The first-order chi connectivity index (χ1) is 25.4. The summed E-state index contributed by atoms with van der Waals surface area (Å²) in [5.74, 6) is 0.313. The van der Waals surface area contributed by atoms with Gasteiger partial charge in [-0.15, -0.1) is 0 Å². The van der Waals surface area contributed by atoms with Crippen LogP contribution in [0.4, 0.5) is 0 Å². The average molecular weight is 747 g/mol. The number of carbonyl (C=O) groups is 3. The number of benzene rings is 3. The smallest absolute Gasteiger partial charge is 0.343 e. The molecule has 0 heterocycles. The molecule has 10 heteroatoms. The van der Waals surface area contributed by atoms with Gasteiger partial charge in [0.1, 0.15) is 43.2 Å². The van der Waals surface area contributed by atoms with Gasteiger partial charge in [0, 0.05) is 6.08 Å². The van der Waals surface area contributed by atoms with E-state index < -0.39 is 11.9 Å². The Morgan fingerprint density at radius 1 is 0.648 bits per heavy atom. The molecule has 0 saturated heterocycles. The summed E-state index contributed by atoms with van der Waals surface area (Å²) >= 11 is 0. The van der Waals surface area contributed by atoms with Crippen LogP contribution in [-0.2, 0) is 28.5 Å². The Morgan fingerprint density at radius 2 is 1.17 bits per heavy atom. The van der Waals surface area contributed by atoms with E-state index in [1.807, 2.05) is 57.2 Å². The summed E-state index contributed by atoms with van der Waals surface area (Å²) in [4.78, 5) is 36.8. The molecule has 0 saturated carbocycles. The standard InChI is InChI=1S/C44H58O10/c1-11-40(45)49-25-24-48-36-18-12-33(13-19-36)34-14-20-38(21-15-34)54-41(46)35-16-22-37(23-17-35)53-32(4)29-51-30(2)27-50-31(3)28-52-42(47)39(44(8,9)10)26-43(5,6)7/h11-23,30-32,39H,1,24-29H2,2-10H3. The summed E-state index contributed by atoms with van der Waals surface area (Å²) in [6, 6.07) is 21.5. The van der Waals surface area contributed by atoms with Crippen molar-refractivity contribution in [3.63, 3.8) is 0 Å². The van der Waals surface area contributed by atoms with Crippen LogP contribution in [0.3, 0.4) is 0 Å². The Labute approximate surface area is 321 Å². The molecule has 0 aliphatic heterocycles. The first-order valence-corrected chi connectivity index (χ1v) is 18.4. The molecule has 0 amide bonds. The van der Waals surface area contributed by atoms with E-state index in [4.69, 9.17) is 33.2 Å². The van der Waals surface area contributed by atoms with Crippen LogP contribution in [-0.4, -0.2) is 69.3 Å². The van der Waals surface area contributed by atoms with Crippen LogP contribution in [0.1, 0.15) is 79.1 Å². The number of hydrogen-bond donors (Lipinski definition) is 0. The van der Waals surface area contributed by atoms with Gasteiger partial charge >= 0.3 is 17.9 Å². The van der Waals surface area contributed by atoms with Crippen LogP contribution < -0.4 is 14.2 Å². The molecule has 0 aromatic heterocycles. The lowest BCUT2D eigenvalue weighted by molar-refractivity contribution is -0.158. The SMILES string of the molecule is C=CC(=O)OCCOc1ccc(-c2ccc(OC(=O)c3ccc(OC(C)COC(C)COC(C)COC(=O)C(CC(C)(C)C)C(C)(C)C)cc3)cc2)cc1. The van der Waals surface area contributed by atoms with E-state index >= 15 is 0 Å². The van der Waals surface area contributed by atoms with Gasteiger partial charge in [-0.2, -0.15) is 0 Å². The molecule has 0 radical (unpaired) electrons. The van der Waals surface area contributed by atoms with E-state index in [2.05, 4.69) is 48.1 Å². The minimum Gasteiger partial charge on any atom is -0.490 e. The van der Waals surface area contributed by atoms with Crippen molar-refractivity contribution in [2.75, 3.05) is 33.0 Å². The second kappa shape index (κ2) is 20.7. The van der Waals surface area contributed by atoms with Crippen molar-refractivity contribution in [1.29, 1.82) is 0 Å². The maximum Gasteiger partial charge on any atom is 0.343 e. The lowest BCUT2D eigenvalue weighted by Gasteiger charge is -2.34. The van der Waals surface area contributed by atoms with Gasteiger partial charge in [0.2, 0.25) is 0 Å². The van der Waals surface area contributed by atoms with Gasteiger partial charge in [-0.05, 0) is 97.7 Å². The molecule has 4 unspecified atom stereocenters. The largest absolute Gasteiger partial charge is 0.490 e. The van der Waals surface area contributed by atoms with Crippen molar-refractivity contribution >= 4 is 17.9 Å². The highest BCUT2D eigenvalue weighted by atomic mass is 16.6. The third-order valence-electron chi connectivity index (χ3n) is 8.28. The van der Waals surface area contributed by atoms with Gasteiger partial charge in [0.15, 0.2) is 0 Å². The maximum atomic E-state index is 12.9. The van der Waals surface area contributed by atoms with E-state index in [-0.39, 0.29) is 60.8 Å². The Hall–Kier alpha value is -4.67. The van der Waals surface area contributed by atoms with Crippen LogP contribution in [0.2, 0.25) is 0 Å². The number of rotatable bonds is 20. The predicted molar refractivity (Wildman–Crippen MR) is 209 cm³/mol. The van der Waals surface area contributed by atoms with E-state index in [9.17, 15) is 14.4 Å². The lowest BCUT2D eigenvalue weighted by Crippen LogP contribution is -2.35. The number of hydrogen-bond acceptors (Lipinski definition) is 10. The number of ether oxygens (including phenoxy) is 7. The van der Waals surface area contributed by atoms with Crippen LogP contribution in [0.15, 0.2) is 85.5 Å². The highest BCUT2D eigenvalue weighted by Crippen LogP contribution is 2.37. The molecule has 0 spiro atoms. The van der Waals surface area contributed by atoms with E-state index in [1.165, 1.54) is 0 Å². The fourth-order valence-corrected chi connectivity index (χ4v) is 5.27. The maximum absolute atomic E-state index is 12.9. The summed E-state index contributed by atoms with van der Waals surface area (Å²) < 4.78 is 39.6. The molecule has 0 aliphatic rings. The normalized spacial score (nSPS) is 13.9. The van der Waals surface area contributed by atoms with Gasteiger partial charge in [0.05, 0.1) is 36.9 Å². The van der Waals surface area contributed by atoms with Gasteiger partial charge in [-0.25, -0.2) is 9.59 Å².